The van der Waals surface area contributed by atoms with Crippen molar-refractivity contribution in [2.24, 2.45) is 5.73 Å². The van der Waals surface area contributed by atoms with Gasteiger partial charge in [-0.3, -0.25) is 9.48 Å². The van der Waals surface area contributed by atoms with E-state index in [1.54, 1.807) is 6.20 Å². The lowest BCUT2D eigenvalue weighted by molar-refractivity contribution is -0.118. The summed E-state index contributed by atoms with van der Waals surface area (Å²) in [6.45, 7) is -0.0146. The van der Waals surface area contributed by atoms with E-state index in [-0.39, 0.29) is 18.6 Å². The third kappa shape index (κ3) is 3.68. The van der Waals surface area contributed by atoms with Crippen LogP contribution in [0.4, 0.5) is 10.5 Å². The number of fused-ring (bicyclic) bond motifs is 1. The molecule has 4 N–H and O–H groups in total. The number of urea groups is 1. The number of carbonyl (C=O) groups excluding carboxylic acids is 2. The monoisotopic (exact) mass is 313 g/mol. The van der Waals surface area contributed by atoms with Gasteiger partial charge in [0.15, 0.2) is 0 Å². The van der Waals surface area contributed by atoms with Crippen LogP contribution in [0.5, 0.6) is 0 Å². The van der Waals surface area contributed by atoms with Crippen LogP contribution in [-0.2, 0) is 17.8 Å². The molecule has 0 radical (unpaired) electrons. The second-order valence-corrected chi connectivity index (χ2v) is 5.63. The molecule has 7 heteroatoms. The van der Waals surface area contributed by atoms with Crippen LogP contribution in [0.15, 0.2) is 36.7 Å². The van der Waals surface area contributed by atoms with Gasteiger partial charge in [-0.05, 0) is 30.4 Å². The van der Waals surface area contributed by atoms with E-state index in [2.05, 4.69) is 27.9 Å². The first kappa shape index (κ1) is 15.1. The summed E-state index contributed by atoms with van der Waals surface area (Å²) in [6, 6.07) is 7.91. The minimum atomic E-state index is -0.483. The van der Waals surface area contributed by atoms with Gasteiger partial charge in [-0.25, -0.2) is 4.79 Å². The lowest BCUT2D eigenvalue weighted by atomic mass is 9.88. The first-order valence-corrected chi connectivity index (χ1v) is 7.58. The number of nitrogens with two attached hydrogens (primary N) is 1. The quantitative estimate of drug-likeness (QED) is 0.798. The van der Waals surface area contributed by atoms with Gasteiger partial charge in [-0.1, -0.05) is 24.3 Å². The van der Waals surface area contributed by atoms with E-state index in [0.717, 1.165) is 19.3 Å². The summed E-state index contributed by atoms with van der Waals surface area (Å²) in [5.41, 5.74) is 8.09. The molecule has 0 fully saturated rings. The Hall–Kier alpha value is -2.83. The van der Waals surface area contributed by atoms with Crippen molar-refractivity contribution in [3.05, 3.63) is 47.8 Å². The van der Waals surface area contributed by atoms with Crippen LogP contribution in [0.1, 0.15) is 30.0 Å². The average molecular weight is 313 g/mol. The standard InChI is InChI=1S/C16H19N5O2/c17-15(22)10-21-9-12(8-18-21)19-16(23)20-14-7-3-5-11-4-1-2-6-13(11)14/h1-2,4,6,8-9,14H,3,5,7,10H2,(H2,17,22)(H2,19,20,23). The number of aryl methyl sites for hydroxylation is 1. The number of benzene rings is 1. The molecule has 7 nitrogen and oxygen atoms in total. The number of primary amides is 1. The fraction of sp³-hybridized carbons (Fsp3) is 0.312. The first-order valence-electron chi connectivity index (χ1n) is 7.58. The SMILES string of the molecule is NC(=O)Cn1cc(NC(=O)NC2CCCc3ccccc32)cn1. The van der Waals surface area contributed by atoms with Crippen molar-refractivity contribution in [2.45, 2.75) is 31.8 Å². The van der Waals surface area contributed by atoms with Gasteiger partial charge in [0.05, 0.1) is 17.9 Å². The molecule has 0 aliphatic heterocycles. The van der Waals surface area contributed by atoms with E-state index in [1.165, 1.54) is 22.0 Å². The van der Waals surface area contributed by atoms with Gasteiger partial charge < -0.3 is 16.4 Å². The Morgan fingerprint density at radius 3 is 3.00 bits per heavy atom. The number of nitrogens with one attached hydrogen (secondary N) is 2. The average Bonchev–Trinajstić information content (AvgIpc) is 2.93. The van der Waals surface area contributed by atoms with Crippen LogP contribution < -0.4 is 16.4 Å². The molecule has 0 bridgehead atoms. The third-order valence-electron chi connectivity index (χ3n) is 3.88. The summed E-state index contributed by atoms with van der Waals surface area (Å²) in [6.07, 6.45) is 6.08. The number of carbonyl (C=O) groups is 2. The summed E-state index contributed by atoms with van der Waals surface area (Å²) in [4.78, 5) is 23.0. The van der Waals surface area contributed by atoms with E-state index in [0.29, 0.717) is 5.69 Å². The fourth-order valence-electron chi connectivity index (χ4n) is 2.90. The second kappa shape index (κ2) is 6.51. The Bertz CT molecular complexity index is 725. The zero-order valence-corrected chi connectivity index (χ0v) is 12.7. The molecule has 2 aromatic rings. The molecule has 1 aliphatic carbocycles. The molecule has 120 valence electrons. The van der Waals surface area contributed by atoms with E-state index < -0.39 is 5.91 Å². The molecule has 1 unspecified atom stereocenters. The van der Waals surface area contributed by atoms with Crippen LogP contribution in [0.25, 0.3) is 0 Å². The van der Waals surface area contributed by atoms with Crippen molar-refractivity contribution < 1.29 is 9.59 Å². The Morgan fingerprint density at radius 1 is 1.35 bits per heavy atom. The Balaban J connectivity index is 1.62. The highest BCUT2D eigenvalue weighted by molar-refractivity contribution is 5.89. The molecule has 0 saturated carbocycles. The van der Waals surface area contributed by atoms with Crippen LogP contribution in [0.3, 0.4) is 0 Å². The third-order valence-corrected chi connectivity index (χ3v) is 3.88. The van der Waals surface area contributed by atoms with Crippen LogP contribution >= 0.6 is 0 Å². The molecular formula is C16H19N5O2. The number of hydrogen-bond acceptors (Lipinski definition) is 3. The zero-order chi connectivity index (χ0) is 16.2. The molecule has 1 heterocycles. The first-order chi connectivity index (χ1) is 11.1. The van der Waals surface area contributed by atoms with Gasteiger partial charge in [-0.15, -0.1) is 0 Å². The Morgan fingerprint density at radius 2 is 2.17 bits per heavy atom. The summed E-state index contributed by atoms with van der Waals surface area (Å²) < 4.78 is 1.38. The molecule has 0 spiro atoms. The highest BCUT2D eigenvalue weighted by Crippen LogP contribution is 2.29. The number of hydrogen-bond donors (Lipinski definition) is 3. The van der Waals surface area contributed by atoms with Crippen LogP contribution in [-0.4, -0.2) is 21.7 Å². The van der Waals surface area contributed by atoms with Crippen LogP contribution in [0.2, 0.25) is 0 Å². The van der Waals surface area contributed by atoms with Crippen molar-refractivity contribution in [2.75, 3.05) is 5.32 Å². The van der Waals surface area contributed by atoms with Gasteiger partial charge in [0.25, 0.3) is 0 Å². The molecule has 0 saturated heterocycles. The summed E-state index contributed by atoms with van der Waals surface area (Å²) in [7, 11) is 0. The van der Waals surface area contributed by atoms with Crippen molar-refractivity contribution in [1.29, 1.82) is 0 Å². The summed E-state index contributed by atoms with van der Waals surface area (Å²) in [5, 5.41) is 9.69. The van der Waals surface area contributed by atoms with E-state index >= 15 is 0 Å². The minimum Gasteiger partial charge on any atom is -0.368 e. The van der Waals surface area contributed by atoms with E-state index in [4.69, 9.17) is 5.73 Å². The predicted octanol–water partition coefficient (Wildman–Crippen LogP) is 1.57. The molecule has 1 aromatic heterocycles. The smallest absolute Gasteiger partial charge is 0.319 e. The predicted molar refractivity (Wildman–Crippen MR) is 85.7 cm³/mol. The number of aromatic nitrogens is 2. The molecule has 1 atom stereocenters. The normalized spacial score (nSPS) is 16.4. The molecule has 23 heavy (non-hydrogen) atoms. The van der Waals surface area contributed by atoms with E-state index in [1.807, 2.05) is 12.1 Å². The van der Waals surface area contributed by atoms with Crippen molar-refractivity contribution in [3.8, 4) is 0 Å². The molecular weight excluding hydrogens is 294 g/mol. The van der Waals surface area contributed by atoms with E-state index in [9.17, 15) is 9.59 Å². The van der Waals surface area contributed by atoms with Gasteiger partial charge in [0.2, 0.25) is 5.91 Å². The number of amides is 3. The summed E-state index contributed by atoms with van der Waals surface area (Å²) in [5.74, 6) is -0.483. The number of anilines is 1. The van der Waals surface area contributed by atoms with Gasteiger partial charge >= 0.3 is 6.03 Å². The Labute approximate surface area is 133 Å². The highest BCUT2D eigenvalue weighted by Gasteiger charge is 2.21. The topological polar surface area (TPSA) is 102 Å². The Kier molecular flexibility index (Phi) is 4.27. The fourth-order valence-corrected chi connectivity index (χ4v) is 2.90. The van der Waals surface area contributed by atoms with Crippen molar-refractivity contribution >= 4 is 17.6 Å². The molecule has 1 aliphatic rings. The number of nitrogens with zero attached hydrogens (tertiary/aromatic N) is 2. The van der Waals surface area contributed by atoms with Gasteiger partial charge in [0, 0.05) is 6.20 Å². The summed E-state index contributed by atoms with van der Waals surface area (Å²) >= 11 is 0. The zero-order valence-electron chi connectivity index (χ0n) is 12.7. The molecule has 1 aromatic carbocycles. The minimum absolute atomic E-state index is 0.0145. The maximum atomic E-state index is 12.2. The van der Waals surface area contributed by atoms with Crippen molar-refractivity contribution in [3.63, 3.8) is 0 Å². The lowest BCUT2D eigenvalue weighted by Gasteiger charge is -2.26. The number of rotatable bonds is 4. The maximum Gasteiger partial charge on any atom is 0.319 e. The van der Waals surface area contributed by atoms with Crippen LogP contribution in [0, 0.1) is 0 Å². The van der Waals surface area contributed by atoms with Gasteiger partial charge in [-0.2, -0.15) is 5.10 Å². The second-order valence-electron chi connectivity index (χ2n) is 5.63. The van der Waals surface area contributed by atoms with Crippen molar-refractivity contribution in [1.82, 2.24) is 15.1 Å². The van der Waals surface area contributed by atoms with Gasteiger partial charge in [0.1, 0.15) is 6.54 Å². The maximum absolute atomic E-state index is 12.2. The highest BCUT2D eigenvalue weighted by atomic mass is 16.2. The molecule has 3 amide bonds. The molecule has 3 rings (SSSR count). The lowest BCUT2D eigenvalue weighted by Crippen LogP contribution is -2.34. The largest absolute Gasteiger partial charge is 0.368 e.